The van der Waals surface area contributed by atoms with Crippen LogP contribution in [0.3, 0.4) is 0 Å². The van der Waals surface area contributed by atoms with Crippen LogP contribution in [0.25, 0.3) is 0 Å². The molecule has 0 aromatic carbocycles. The summed E-state index contributed by atoms with van der Waals surface area (Å²) in [4.78, 5) is 45.2. The first kappa shape index (κ1) is 18.8. The van der Waals surface area contributed by atoms with Gasteiger partial charge < -0.3 is 24.1 Å². The minimum Gasteiger partial charge on any atom is -0.479 e. The Morgan fingerprint density at radius 2 is 1.30 bits per heavy atom. The maximum absolute atomic E-state index is 11.4. The smallest absolute Gasteiger partial charge is 0.336 e. The largest absolute Gasteiger partial charge is 0.479 e. The second-order valence-corrected chi connectivity index (χ2v) is 4.83. The predicted molar refractivity (Wildman–Crippen MR) is 72.0 cm³/mol. The maximum atomic E-state index is 11.4. The molecule has 23 heavy (non-hydrogen) atoms. The monoisotopic (exact) mass is 333 g/mol. The molecule has 1 aliphatic heterocycles. The first-order chi connectivity index (χ1) is 10.7. The third-order valence-corrected chi connectivity index (χ3v) is 2.97. The molecule has 130 valence electrons. The van der Waals surface area contributed by atoms with Gasteiger partial charge in [0.1, 0.15) is 0 Å². The van der Waals surface area contributed by atoms with Crippen LogP contribution in [0, 0.1) is 0 Å². The molecule has 1 rings (SSSR count). The van der Waals surface area contributed by atoms with Crippen LogP contribution >= 0.6 is 0 Å². The summed E-state index contributed by atoms with van der Waals surface area (Å²) in [5.41, 5.74) is 0. The van der Waals surface area contributed by atoms with E-state index in [1.807, 2.05) is 0 Å². The van der Waals surface area contributed by atoms with Crippen LogP contribution < -0.4 is 5.32 Å². The Balaban J connectivity index is 3.25. The van der Waals surface area contributed by atoms with Gasteiger partial charge in [-0.15, -0.1) is 0 Å². The number of carboxylic acid groups (broad SMARTS) is 1. The zero-order chi connectivity index (χ0) is 17.7. The van der Waals surface area contributed by atoms with Gasteiger partial charge in [-0.1, -0.05) is 0 Å². The molecule has 1 unspecified atom stereocenters. The summed E-state index contributed by atoms with van der Waals surface area (Å²) in [6, 6.07) is 0. The quantitative estimate of drug-likeness (QED) is 0.466. The number of rotatable bonds is 5. The molecule has 1 fully saturated rings. The third-order valence-electron chi connectivity index (χ3n) is 2.97. The van der Waals surface area contributed by atoms with Crippen molar-refractivity contribution >= 4 is 23.9 Å². The van der Waals surface area contributed by atoms with Gasteiger partial charge in [0.15, 0.2) is 30.6 Å². The van der Waals surface area contributed by atoms with Crippen molar-refractivity contribution in [3.05, 3.63) is 0 Å². The molecule has 0 bridgehead atoms. The highest BCUT2D eigenvalue weighted by molar-refractivity contribution is 5.75. The molecule has 10 nitrogen and oxygen atoms in total. The molecule has 0 aliphatic carbocycles. The van der Waals surface area contributed by atoms with Gasteiger partial charge in [-0.2, -0.15) is 0 Å². The molecule has 0 saturated carbocycles. The summed E-state index contributed by atoms with van der Waals surface area (Å²) in [5.74, 6) is -3.68. The van der Waals surface area contributed by atoms with Crippen molar-refractivity contribution in [1.29, 1.82) is 0 Å². The van der Waals surface area contributed by atoms with Gasteiger partial charge in [-0.05, 0) is 7.05 Å². The van der Waals surface area contributed by atoms with Crippen LogP contribution in [0.2, 0.25) is 0 Å². The van der Waals surface area contributed by atoms with Crippen LogP contribution in [0.1, 0.15) is 20.8 Å². The molecule has 0 aromatic rings. The van der Waals surface area contributed by atoms with E-state index in [4.69, 9.17) is 18.9 Å². The first-order valence-electron chi connectivity index (χ1n) is 6.74. The predicted octanol–water partition coefficient (Wildman–Crippen LogP) is -1.19. The molecule has 10 heteroatoms. The van der Waals surface area contributed by atoms with E-state index in [0.717, 1.165) is 20.8 Å². The lowest BCUT2D eigenvalue weighted by Crippen LogP contribution is -2.65. The fourth-order valence-corrected chi connectivity index (χ4v) is 2.24. The fourth-order valence-electron chi connectivity index (χ4n) is 2.24. The van der Waals surface area contributed by atoms with E-state index in [9.17, 15) is 24.3 Å². The van der Waals surface area contributed by atoms with Gasteiger partial charge in [0, 0.05) is 20.8 Å². The Kier molecular flexibility index (Phi) is 6.46. The molecular formula is C13H19NO9. The van der Waals surface area contributed by atoms with Gasteiger partial charge in [0.25, 0.3) is 0 Å². The van der Waals surface area contributed by atoms with E-state index >= 15 is 0 Å². The molecule has 1 aliphatic rings. The third kappa shape index (κ3) is 4.89. The standard InChI is InChI=1S/C13H19NO9/c1-5(15)20-8-9(21-6(2)16)11(13(18)19)23-12(14-4)10(8)22-7(3)17/h8-12,14H,1-4H3,(H,18,19)/t8-,9-,10+,11-,12?/m0/s1. The Hall–Kier alpha value is -2.20. The van der Waals surface area contributed by atoms with Gasteiger partial charge in [0.2, 0.25) is 0 Å². The number of carboxylic acids is 1. The lowest BCUT2D eigenvalue weighted by Gasteiger charge is -2.43. The van der Waals surface area contributed by atoms with Crippen molar-refractivity contribution in [2.45, 2.75) is 51.4 Å². The van der Waals surface area contributed by atoms with E-state index in [1.54, 1.807) is 0 Å². The van der Waals surface area contributed by atoms with Crippen LogP contribution in [0.4, 0.5) is 0 Å². The summed E-state index contributed by atoms with van der Waals surface area (Å²) in [7, 11) is 1.44. The number of carbonyl (C=O) groups excluding carboxylic acids is 3. The Bertz CT molecular complexity index is 492. The minimum atomic E-state index is -1.60. The number of aliphatic carboxylic acids is 1. The van der Waals surface area contributed by atoms with E-state index in [0.29, 0.717) is 0 Å². The van der Waals surface area contributed by atoms with Crippen LogP contribution in [0.15, 0.2) is 0 Å². The van der Waals surface area contributed by atoms with Crippen molar-refractivity contribution in [3.8, 4) is 0 Å². The lowest BCUT2D eigenvalue weighted by molar-refractivity contribution is -0.251. The average molecular weight is 333 g/mol. The molecule has 0 spiro atoms. The second-order valence-electron chi connectivity index (χ2n) is 4.83. The Morgan fingerprint density at radius 1 is 0.870 bits per heavy atom. The summed E-state index contributed by atoms with van der Waals surface area (Å²) in [6.07, 6.45) is -6.68. The highest BCUT2D eigenvalue weighted by Crippen LogP contribution is 2.27. The number of hydrogen-bond acceptors (Lipinski definition) is 9. The number of hydrogen-bond donors (Lipinski definition) is 2. The highest BCUT2D eigenvalue weighted by atomic mass is 16.7. The van der Waals surface area contributed by atoms with Gasteiger partial charge in [-0.3, -0.25) is 19.7 Å². The zero-order valence-corrected chi connectivity index (χ0v) is 13.1. The van der Waals surface area contributed by atoms with Crippen LogP contribution in [-0.4, -0.2) is 66.7 Å². The van der Waals surface area contributed by atoms with Crippen LogP contribution in [0.5, 0.6) is 0 Å². The molecule has 2 N–H and O–H groups in total. The number of carbonyl (C=O) groups is 4. The Morgan fingerprint density at radius 3 is 1.70 bits per heavy atom. The number of esters is 3. The van der Waals surface area contributed by atoms with Gasteiger partial charge >= 0.3 is 23.9 Å². The molecule has 0 radical (unpaired) electrons. The summed E-state index contributed by atoms with van der Waals surface area (Å²) < 4.78 is 20.3. The van der Waals surface area contributed by atoms with Gasteiger partial charge in [0.05, 0.1) is 0 Å². The van der Waals surface area contributed by atoms with Gasteiger partial charge in [-0.25, -0.2) is 4.79 Å². The minimum absolute atomic E-state index is 0.702. The maximum Gasteiger partial charge on any atom is 0.336 e. The van der Waals surface area contributed by atoms with Crippen molar-refractivity contribution in [1.82, 2.24) is 5.32 Å². The summed E-state index contributed by atoms with van der Waals surface area (Å²) >= 11 is 0. The molecule has 5 atom stereocenters. The van der Waals surface area contributed by atoms with Crippen molar-refractivity contribution < 1.29 is 43.2 Å². The average Bonchev–Trinajstić information content (AvgIpc) is 2.40. The fraction of sp³-hybridized carbons (Fsp3) is 0.692. The first-order valence-corrected chi connectivity index (χ1v) is 6.74. The van der Waals surface area contributed by atoms with Crippen molar-refractivity contribution in [2.75, 3.05) is 7.05 Å². The molecular weight excluding hydrogens is 314 g/mol. The lowest BCUT2D eigenvalue weighted by atomic mass is 9.97. The van der Waals surface area contributed by atoms with E-state index in [2.05, 4.69) is 5.32 Å². The molecule has 1 heterocycles. The highest BCUT2D eigenvalue weighted by Gasteiger charge is 2.53. The van der Waals surface area contributed by atoms with Crippen molar-refractivity contribution in [2.24, 2.45) is 0 Å². The van der Waals surface area contributed by atoms with Crippen LogP contribution in [-0.2, 0) is 38.1 Å². The summed E-state index contributed by atoms with van der Waals surface area (Å²) in [5, 5.41) is 11.9. The topological polar surface area (TPSA) is 137 Å². The number of likely N-dealkylation sites (N-methyl/N-ethyl adjacent to an activating group) is 1. The van der Waals surface area contributed by atoms with E-state index in [1.165, 1.54) is 7.05 Å². The zero-order valence-electron chi connectivity index (χ0n) is 13.1. The normalized spacial score (nSPS) is 30.2. The molecule has 0 amide bonds. The summed E-state index contributed by atoms with van der Waals surface area (Å²) in [6.45, 7) is 3.28. The Labute approximate surface area is 132 Å². The van der Waals surface area contributed by atoms with E-state index in [-0.39, 0.29) is 0 Å². The second kappa shape index (κ2) is 7.88. The molecule has 0 aromatic heterocycles. The number of nitrogens with one attached hydrogen (secondary N) is 1. The molecule has 1 saturated heterocycles. The SMILES string of the molecule is CNC1O[C@H](C(=O)O)[C@@H](OC(C)=O)[C@H](OC(C)=O)[C@H]1OC(C)=O. The number of ether oxygens (including phenoxy) is 4. The van der Waals surface area contributed by atoms with Crippen molar-refractivity contribution in [3.63, 3.8) is 0 Å². The van der Waals surface area contributed by atoms with E-state index < -0.39 is 54.5 Å².